The van der Waals surface area contributed by atoms with Crippen LogP contribution in [0.4, 0.5) is 5.69 Å². The van der Waals surface area contributed by atoms with Crippen molar-refractivity contribution in [2.75, 3.05) is 18.4 Å². The summed E-state index contributed by atoms with van der Waals surface area (Å²) in [6.45, 7) is 5.68. The van der Waals surface area contributed by atoms with Gasteiger partial charge in [0.05, 0.1) is 16.6 Å². The molecule has 17 heavy (non-hydrogen) atoms. The van der Waals surface area contributed by atoms with Crippen molar-refractivity contribution in [1.29, 1.82) is 0 Å². The third-order valence-corrected chi connectivity index (χ3v) is 3.64. The Morgan fingerprint density at radius 3 is 2.82 bits per heavy atom. The summed E-state index contributed by atoms with van der Waals surface area (Å²) in [6.07, 6.45) is 0. The Labute approximate surface area is 107 Å². The van der Waals surface area contributed by atoms with Crippen LogP contribution < -0.4 is 10.6 Å². The molecule has 0 unspecified atom stereocenters. The fraction of sp³-hybridized carbons (Fsp3) is 0.462. The molecule has 0 bridgehead atoms. The number of anilines is 1. The van der Waals surface area contributed by atoms with E-state index < -0.39 is 0 Å². The summed E-state index contributed by atoms with van der Waals surface area (Å²) in [7, 11) is 0. The van der Waals surface area contributed by atoms with Crippen molar-refractivity contribution in [3.8, 4) is 0 Å². The van der Waals surface area contributed by atoms with Gasteiger partial charge in [-0.1, -0.05) is 30.7 Å². The molecule has 2 atom stereocenters. The first-order valence-corrected chi connectivity index (χ1v) is 6.24. The number of carbonyl (C=O) groups excluding carboxylic acids is 1. The maximum absolute atomic E-state index is 12.1. The van der Waals surface area contributed by atoms with Crippen molar-refractivity contribution >= 4 is 23.2 Å². The van der Waals surface area contributed by atoms with Gasteiger partial charge >= 0.3 is 0 Å². The Bertz CT molecular complexity index is 413. The fourth-order valence-corrected chi connectivity index (χ4v) is 2.44. The third kappa shape index (κ3) is 2.61. The number of amides is 1. The number of benzene rings is 1. The molecule has 0 aliphatic carbocycles. The summed E-state index contributed by atoms with van der Waals surface area (Å²) in [4.78, 5) is 12.1. The van der Waals surface area contributed by atoms with E-state index in [-0.39, 0.29) is 11.8 Å². The molecule has 0 radical (unpaired) electrons. The van der Waals surface area contributed by atoms with Gasteiger partial charge in [-0.2, -0.15) is 0 Å². The number of hydrogen-bond acceptors (Lipinski definition) is 2. The van der Waals surface area contributed by atoms with Crippen LogP contribution in [0.1, 0.15) is 12.5 Å². The van der Waals surface area contributed by atoms with Crippen LogP contribution in [-0.2, 0) is 4.79 Å². The lowest BCUT2D eigenvalue weighted by molar-refractivity contribution is -0.120. The smallest absolute Gasteiger partial charge is 0.229 e. The van der Waals surface area contributed by atoms with Gasteiger partial charge in [0.15, 0.2) is 0 Å². The molecule has 1 aromatic rings. The number of halogens is 1. The lowest BCUT2D eigenvalue weighted by Crippen LogP contribution is -2.28. The van der Waals surface area contributed by atoms with Crippen molar-refractivity contribution in [1.82, 2.24) is 5.32 Å². The van der Waals surface area contributed by atoms with Crippen molar-refractivity contribution < 1.29 is 4.79 Å². The largest absolute Gasteiger partial charge is 0.324 e. The Hall–Kier alpha value is -1.06. The molecule has 1 aromatic carbocycles. The van der Waals surface area contributed by atoms with E-state index in [1.165, 1.54) is 0 Å². The van der Waals surface area contributed by atoms with Gasteiger partial charge in [0.25, 0.3) is 0 Å². The highest BCUT2D eigenvalue weighted by molar-refractivity contribution is 6.33. The highest BCUT2D eigenvalue weighted by atomic mass is 35.5. The summed E-state index contributed by atoms with van der Waals surface area (Å²) in [5.74, 6) is 0.460. The molecular formula is C13H17ClN2O. The van der Waals surface area contributed by atoms with Gasteiger partial charge in [-0.25, -0.2) is 0 Å². The van der Waals surface area contributed by atoms with E-state index in [2.05, 4.69) is 17.6 Å². The Morgan fingerprint density at radius 1 is 1.47 bits per heavy atom. The first-order valence-electron chi connectivity index (χ1n) is 5.86. The maximum atomic E-state index is 12.1. The van der Waals surface area contributed by atoms with E-state index in [0.29, 0.717) is 10.9 Å². The molecule has 2 rings (SSSR count). The highest BCUT2D eigenvalue weighted by Gasteiger charge is 2.29. The molecular weight excluding hydrogens is 236 g/mol. The third-order valence-electron chi connectivity index (χ3n) is 3.32. The molecule has 1 aliphatic heterocycles. The molecule has 4 heteroatoms. The van der Waals surface area contributed by atoms with Crippen LogP contribution in [0.5, 0.6) is 0 Å². The SMILES string of the molecule is Cc1cccc(Cl)c1NC(=O)[C@@H]1CNC[C@H]1C. The summed E-state index contributed by atoms with van der Waals surface area (Å²) in [5, 5.41) is 6.76. The predicted octanol–water partition coefficient (Wildman–Crippen LogP) is 2.44. The van der Waals surface area contributed by atoms with Gasteiger partial charge in [-0.15, -0.1) is 0 Å². The van der Waals surface area contributed by atoms with E-state index >= 15 is 0 Å². The zero-order chi connectivity index (χ0) is 12.4. The van der Waals surface area contributed by atoms with Crippen molar-refractivity contribution in [2.24, 2.45) is 11.8 Å². The van der Waals surface area contributed by atoms with Crippen LogP contribution in [0.25, 0.3) is 0 Å². The molecule has 0 aromatic heterocycles. The van der Waals surface area contributed by atoms with Gasteiger partial charge in [0, 0.05) is 6.54 Å². The molecule has 3 nitrogen and oxygen atoms in total. The predicted molar refractivity (Wildman–Crippen MR) is 70.3 cm³/mol. The van der Waals surface area contributed by atoms with Gasteiger partial charge in [0.2, 0.25) is 5.91 Å². The second kappa shape index (κ2) is 5.07. The zero-order valence-electron chi connectivity index (χ0n) is 10.1. The minimum absolute atomic E-state index is 0.0330. The van der Waals surface area contributed by atoms with E-state index in [0.717, 1.165) is 24.3 Å². The summed E-state index contributed by atoms with van der Waals surface area (Å²) in [5.41, 5.74) is 1.72. The molecule has 2 N–H and O–H groups in total. The Balaban J connectivity index is 2.13. The van der Waals surface area contributed by atoms with Crippen LogP contribution in [0, 0.1) is 18.8 Å². The van der Waals surface area contributed by atoms with E-state index in [4.69, 9.17) is 11.6 Å². The van der Waals surface area contributed by atoms with Gasteiger partial charge < -0.3 is 10.6 Å². The van der Waals surface area contributed by atoms with Crippen LogP contribution in [0.2, 0.25) is 5.02 Å². The lowest BCUT2D eigenvalue weighted by Gasteiger charge is -2.16. The average Bonchev–Trinajstić information content (AvgIpc) is 2.70. The van der Waals surface area contributed by atoms with Crippen LogP contribution in [-0.4, -0.2) is 19.0 Å². The summed E-state index contributed by atoms with van der Waals surface area (Å²) < 4.78 is 0. The topological polar surface area (TPSA) is 41.1 Å². The standard InChI is InChI=1S/C13H17ClN2O/c1-8-4-3-5-11(14)12(8)16-13(17)10-7-15-6-9(10)2/h3-5,9-10,15H,6-7H2,1-2H3,(H,16,17)/t9-,10-/m1/s1. The van der Waals surface area contributed by atoms with Crippen molar-refractivity contribution in [2.45, 2.75) is 13.8 Å². The van der Waals surface area contributed by atoms with Crippen molar-refractivity contribution in [3.63, 3.8) is 0 Å². The van der Waals surface area contributed by atoms with E-state index in [1.807, 2.05) is 19.1 Å². The average molecular weight is 253 g/mol. The van der Waals surface area contributed by atoms with Gasteiger partial charge in [-0.3, -0.25) is 4.79 Å². The second-order valence-electron chi connectivity index (χ2n) is 4.66. The minimum atomic E-state index is 0.0330. The first-order chi connectivity index (χ1) is 8.09. The molecule has 0 spiro atoms. The van der Waals surface area contributed by atoms with Crippen molar-refractivity contribution in [3.05, 3.63) is 28.8 Å². The van der Waals surface area contributed by atoms with Gasteiger partial charge in [0.1, 0.15) is 0 Å². The number of rotatable bonds is 2. The number of hydrogen-bond donors (Lipinski definition) is 2. The number of para-hydroxylation sites is 1. The molecule has 92 valence electrons. The van der Waals surface area contributed by atoms with Crippen LogP contribution >= 0.6 is 11.6 Å². The first kappa shape index (κ1) is 12.4. The molecule has 1 fully saturated rings. The van der Waals surface area contributed by atoms with E-state index in [1.54, 1.807) is 6.07 Å². The molecule has 0 saturated carbocycles. The molecule has 1 amide bonds. The van der Waals surface area contributed by atoms with Crippen LogP contribution in [0.15, 0.2) is 18.2 Å². The van der Waals surface area contributed by atoms with Gasteiger partial charge in [-0.05, 0) is 31.0 Å². The minimum Gasteiger partial charge on any atom is -0.324 e. The monoisotopic (exact) mass is 252 g/mol. The number of aryl methyl sites for hydroxylation is 1. The summed E-state index contributed by atoms with van der Waals surface area (Å²) in [6, 6.07) is 5.62. The normalized spacial score (nSPS) is 23.7. The Morgan fingerprint density at radius 2 is 2.24 bits per heavy atom. The number of carbonyl (C=O) groups is 1. The summed E-state index contributed by atoms with van der Waals surface area (Å²) >= 11 is 6.09. The molecule has 1 heterocycles. The molecule has 1 saturated heterocycles. The zero-order valence-corrected chi connectivity index (χ0v) is 10.8. The Kier molecular flexibility index (Phi) is 3.69. The quantitative estimate of drug-likeness (QED) is 0.849. The highest BCUT2D eigenvalue weighted by Crippen LogP contribution is 2.27. The fourth-order valence-electron chi connectivity index (χ4n) is 2.17. The lowest BCUT2D eigenvalue weighted by atomic mass is 9.97. The maximum Gasteiger partial charge on any atom is 0.229 e. The second-order valence-corrected chi connectivity index (χ2v) is 5.07. The number of nitrogens with one attached hydrogen (secondary N) is 2. The van der Waals surface area contributed by atoms with E-state index in [9.17, 15) is 4.79 Å². The molecule has 1 aliphatic rings. The van der Waals surface area contributed by atoms with Crippen LogP contribution in [0.3, 0.4) is 0 Å².